The largest absolute Gasteiger partial charge is 0.293 e. The first-order valence-electron chi connectivity index (χ1n) is 9.24. The van der Waals surface area contributed by atoms with Gasteiger partial charge >= 0.3 is 0 Å². The molecule has 2 aromatic carbocycles. The molecule has 0 aliphatic heterocycles. The molecule has 0 saturated carbocycles. The minimum Gasteiger partial charge on any atom is -0.293 e. The Labute approximate surface area is 166 Å². The Balaban J connectivity index is 1.82. The highest BCUT2D eigenvalue weighted by atomic mass is 32.2. The third kappa shape index (κ3) is 3.11. The van der Waals surface area contributed by atoms with Crippen LogP contribution in [0.4, 0.5) is 0 Å². The Morgan fingerprint density at radius 2 is 1.79 bits per heavy atom. The summed E-state index contributed by atoms with van der Waals surface area (Å²) in [5.41, 5.74) is 1.35. The van der Waals surface area contributed by atoms with Crippen molar-refractivity contribution in [1.29, 1.82) is 0 Å². The van der Waals surface area contributed by atoms with Crippen LogP contribution in [0, 0.1) is 0 Å². The first kappa shape index (κ1) is 18.4. The van der Waals surface area contributed by atoms with Gasteiger partial charge in [0, 0.05) is 12.1 Å². The predicted octanol–water partition coefficient (Wildman–Crippen LogP) is 3.82. The number of aromatic nitrogens is 4. The molecule has 2 aromatic heterocycles. The van der Waals surface area contributed by atoms with E-state index in [1.54, 1.807) is 4.57 Å². The quantitative estimate of drug-likeness (QED) is 0.369. The summed E-state index contributed by atoms with van der Waals surface area (Å²) in [5.74, 6) is 0.543. The molecule has 28 heavy (non-hydrogen) atoms. The average molecular weight is 392 g/mol. The monoisotopic (exact) mass is 392 g/mol. The molecule has 4 rings (SSSR count). The number of carbonyl (C=O) groups excluding carboxylic acids is 1. The van der Waals surface area contributed by atoms with Crippen molar-refractivity contribution in [2.24, 2.45) is 0 Å². The number of hydrogen-bond acceptors (Lipinski definition) is 5. The molecule has 0 aliphatic carbocycles. The molecule has 2 heterocycles. The van der Waals surface area contributed by atoms with Gasteiger partial charge in [-0.1, -0.05) is 61.2 Å². The summed E-state index contributed by atoms with van der Waals surface area (Å²) in [5, 5.41) is 9.48. The van der Waals surface area contributed by atoms with Crippen LogP contribution in [0.25, 0.3) is 16.7 Å². The second kappa shape index (κ2) is 7.59. The molecule has 142 valence electrons. The van der Waals surface area contributed by atoms with E-state index in [-0.39, 0.29) is 16.6 Å². The van der Waals surface area contributed by atoms with Gasteiger partial charge in [-0.05, 0) is 25.5 Å². The van der Waals surface area contributed by atoms with Crippen LogP contribution >= 0.6 is 11.8 Å². The zero-order chi connectivity index (χ0) is 19.7. The molecule has 1 unspecified atom stereocenters. The van der Waals surface area contributed by atoms with Crippen LogP contribution in [0.5, 0.6) is 0 Å². The molecule has 0 saturated heterocycles. The molecule has 0 bridgehead atoms. The van der Waals surface area contributed by atoms with E-state index < -0.39 is 0 Å². The number of para-hydroxylation sites is 1. The lowest BCUT2D eigenvalue weighted by Gasteiger charge is -2.12. The van der Waals surface area contributed by atoms with Crippen molar-refractivity contribution in [3.05, 3.63) is 70.5 Å². The summed E-state index contributed by atoms with van der Waals surface area (Å²) >= 11 is 1.35. The zero-order valence-electron chi connectivity index (χ0n) is 15.7. The predicted molar refractivity (Wildman–Crippen MR) is 111 cm³/mol. The first-order valence-corrected chi connectivity index (χ1v) is 10.1. The van der Waals surface area contributed by atoms with E-state index in [0.717, 1.165) is 11.9 Å². The second-order valence-corrected chi connectivity index (χ2v) is 7.89. The zero-order valence-corrected chi connectivity index (χ0v) is 16.5. The molecule has 4 aromatic rings. The third-order valence-electron chi connectivity index (χ3n) is 4.64. The molecule has 0 fully saturated rings. The lowest BCUT2D eigenvalue weighted by Crippen LogP contribution is -2.23. The van der Waals surface area contributed by atoms with Gasteiger partial charge in [-0.15, -0.1) is 10.2 Å². The standard InChI is InChI=1S/C21H20N4O2S/c1-3-13-24-19(27)16-11-7-8-12-17(16)25-20(24)22-23-21(25)28-14(2)18(26)15-9-5-4-6-10-15/h4-12,14H,3,13H2,1-2H3. The maximum absolute atomic E-state index is 12.9. The highest BCUT2D eigenvalue weighted by Crippen LogP contribution is 2.27. The summed E-state index contributed by atoms with van der Waals surface area (Å²) in [4.78, 5) is 25.6. The number of Topliss-reactive ketones (excluding diaryl/α,β-unsaturated/α-hetero) is 1. The van der Waals surface area contributed by atoms with Crippen molar-refractivity contribution >= 4 is 34.2 Å². The fourth-order valence-electron chi connectivity index (χ4n) is 3.28. The highest BCUT2D eigenvalue weighted by molar-refractivity contribution is 8.00. The van der Waals surface area contributed by atoms with E-state index in [9.17, 15) is 9.59 Å². The number of ketones is 1. The van der Waals surface area contributed by atoms with E-state index >= 15 is 0 Å². The van der Waals surface area contributed by atoms with Crippen LogP contribution < -0.4 is 5.56 Å². The van der Waals surface area contributed by atoms with E-state index in [1.165, 1.54) is 11.8 Å². The third-order valence-corrected chi connectivity index (χ3v) is 5.68. The number of aryl methyl sites for hydroxylation is 1. The number of carbonyl (C=O) groups is 1. The van der Waals surface area contributed by atoms with E-state index in [0.29, 0.717) is 28.4 Å². The summed E-state index contributed by atoms with van der Waals surface area (Å²) in [7, 11) is 0. The van der Waals surface area contributed by atoms with Crippen molar-refractivity contribution in [2.75, 3.05) is 0 Å². The molecular formula is C21H20N4O2S. The maximum Gasteiger partial charge on any atom is 0.262 e. The van der Waals surface area contributed by atoms with Crippen molar-refractivity contribution in [2.45, 2.75) is 37.2 Å². The SMILES string of the molecule is CCCn1c(=O)c2ccccc2n2c(SC(C)C(=O)c3ccccc3)nnc12. The molecule has 0 radical (unpaired) electrons. The van der Waals surface area contributed by atoms with Crippen LogP contribution in [-0.4, -0.2) is 30.2 Å². The minimum atomic E-state index is -0.333. The number of benzene rings is 2. The molecule has 0 aliphatic rings. The van der Waals surface area contributed by atoms with E-state index in [2.05, 4.69) is 10.2 Å². The smallest absolute Gasteiger partial charge is 0.262 e. The van der Waals surface area contributed by atoms with Gasteiger partial charge < -0.3 is 0 Å². The number of nitrogens with zero attached hydrogens (tertiary/aromatic N) is 4. The van der Waals surface area contributed by atoms with Crippen LogP contribution in [0.1, 0.15) is 30.6 Å². The normalized spacial score (nSPS) is 12.5. The minimum absolute atomic E-state index is 0.0357. The molecular weight excluding hydrogens is 372 g/mol. The average Bonchev–Trinajstić information content (AvgIpc) is 3.14. The van der Waals surface area contributed by atoms with Crippen LogP contribution in [0.3, 0.4) is 0 Å². The highest BCUT2D eigenvalue weighted by Gasteiger charge is 2.22. The second-order valence-electron chi connectivity index (χ2n) is 6.58. The van der Waals surface area contributed by atoms with Crippen molar-refractivity contribution < 1.29 is 4.79 Å². The first-order chi connectivity index (χ1) is 13.6. The van der Waals surface area contributed by atoms with Gasteiger partial charge in [-0.2, -0.15) is 0 Å². The van der Waals surface area contributed by atoms with Crippen molar-refractivity contribution in [1.82, 2.24) is 19.2 Å². The van der Waals surface area contributed by atoms with Crippen molar-refractivity contribution in [3.8, 4) is 0 Å². The molecule has 0 spiro atoms. The fourth-order valence-corrected chi connectivity index (χ4v) is 4.22. The number of fused-ring (bicyclic) bond motifs is 3. The van der Waals surface area contributed by atoms with Gasteiger partial charge in [0.1, 0.15) is 0 Å². The lowest BCUT2D eigenvalue weighted by atomic mass is 10.1. The Kier molecular flexibility index (Phi) is 5.00. The van der Waals surface area contributed by atoms with Crippen LogP contribution in [-0.2, 0) is 6.54 Å². The summed E-state index contributed by atoms with van der Waals surface area (Å²) in [6.45, 7) is 4.45. The van der Waals surface area contributed by atoms with E-state index in [4.69, 9.17) is 0 Å². The maximum atomic E-state index is 12.9. The summed E-state index contributed by atoms with van der Waals surface area (Å²) < 4.78 is 3.54. The Hall–Kier alpha value is -2.93. The van der Waals surface area contributed by atoms with Gasteiger partial charge in [-0.25, -0.2) is 0 Å². The van der Waals surface area contributed by atoms with Gasteiger partial charge in [0.05, 0.1) is 16.2 Å². The molecule has 0 amide bonds. The van der Waals surface area contributed by atoms with Crippen LogP contribution in [0.15, 0.2) is 64.5 Å². The van der Waals surface area contributed by atoms with Gasteiger partial charge in [-0.3, -0.25) is 18.6 Å². The molecule has 7 heteroatoms. The van der Waals surface area contributed by atoms with Gasteiger partial charge in [0.25, 0.3) is 5.56 Å². The Bertz CT molecular complexity index is 1210. The lowest BCUT2D eigenvalue weighted by molar-refractivity contribution is 0.0994. The van der Waals surface area contributed by atoms with Crippen LogP contribution in [0.2, 0.25) is 0 Å². The fraction of sp³-hybridized carbons (Fsp3) is 0.238. The van der Waals surface area contributed by atoms with E-state index in [1.807, 2.05) is 72.8 Å². The topological polar surface area (TPSA) is 69.3 Å². The van der Waals surface area contributed by atoms with Crippen molar-refractivity contribution in [3.63, 3.8) is 0 Å². The number of hydrogen-bond donors (Lipinski definition) is 0. The van der Waals surface area contributed by atoms with Gasteiger partial charge in [0.15, 0.2) is 10.9 Å². The Morgan fingerprint density at radius 3 is 2.54 bits per heavy atom. The summed E-state index contributed by atoms with van der Waals surface area (Å²) in [6.07, 6.45) is 0.812. The molecule has 0 N–H and O–H groups in total. The number of rotatable bonds is 6. The Morgan fingerprint density at radius 1 is 1.07 bits per heavy atom. The molecule has 6 nitrogen and oxygen atoms in total. The number of thioether (sulfide) groups is 1. The molecule has 1 atom stereocenters. The van der Waals surface area contributed by atoms with Gasteiger partial charge in [0.2, 0.25) is 5.78 Å². The summed E-state index contributed by atoms with van der Waals surface area (Å²) in [6, 6.07) is 16.7.